The molecule has 0 unspecified atom stereocenters. The first-order chi connectivity index (χ1) is 11.2. The second-order valence-electron chi connectivity index (χ2n) is 5.34. The quantitative estimate of drug-likeness (QED) is 0.817. The lowest BCUT2D eigenvalue weighted by Gasteiger charge is -2.20. The molecule has 1 aliphatic rings. The molecule has 0 atom stereocenters. The van der Waals surface area contributed by atoms with Crippen molar-refractivity contribution in [2.75, 3.05) is 13.7 Å². The third-order valence-corrected chi connectivity index (χ3v) is 3.76. The lowest BCUT2D eigenvalue weighted by molar-refractivity contribution is -0.133. The Morgan fingerprint density at radius 3 is 2.74 bits per heavy atom. The van der Waals surface area contributed by atoms with Crippen molar-refractivity contribution < 1.29 is 19.1 Å². The summed E-state index contributed by atoms with van der Waals surface area (Å²) < 4.78 is 10.3. The molecule has 2 aromatic rings. The van der Waals surface area contributed by atoms with Gasteiger partial charge in [-0.25, -0.2) is 4.79 Å². The van der Waals surface area contributed by atoms with Crippen molar-refractivity contribution in [1.29, 1.82) is 0 Å². The molecular weight excluding hydrogens is 294 g/mol. The summed E-state index contributed by atoms with van der Waals surface area (Å²) in [6.45, 7) is 0.899. The fourth-order valence-corrected chi connectivity index (χ4v) is 2.56. The zero-order valence-corrected chi connectivity index (χ0v) is 12.8. The number of benzene rings is 2. The van der Waals surface area contributed by atoms with Crippen LogP contribution in [0, 0.1) is 0 Å². The number of carbonyl (C=O) groups excluding carboxylic acids is 2. The Kier molecular flexibility index (Phi) is 4.28. The summed E-state index contributed by atoms with van der Waals surface area (Å²) in [5, 5.41) is 0. The fourth-order valence-electron chi connectivity index (χ4n) is 2.56. The minimum Gasteiger partial charge on any atom is -0.483 e. The maximum Gasteiger partial charge on any atom is 0.337 e. The molecule has 5 heteroatoms. The monoisotopic (exact) mass is 311 g/mol. The van der Waals surface area contributed by atoms with Crippen LogP contribution in [0.25, 0.3) is 0 Å². The highest BCUT2D eigenvalue weighted by atomic mass is 16.5. The lowest BCUT2D eigenvalue weighted by Crippen LogP contribution is -2.31. The van der Waals surface area contributed by atoms with Crippen LogP contribution < -0.4 is 4.74 Å². The van der Waals surface area contributed by atoms with E-state index in [2.05, 4.69) is 0 Å². The average Bonchev–Trinajstić information content (AvgIpc) is 2.74. The molecule has 1 heterocycles. The number of fused-ring (bicyclic) bond motifs is 1. The molecule has 0 aromatic heterocycles. The minimum atomic E-state index is -0.405. The van der Waals surface area contributed by atoms with Crippen LogP contribution >= 0.6 is 0 Å². The van der Waals surface area contributed by atoms with E-state index >= 15 is 0 Å². The number of amides is 1. The summed E-state index contributed by atoms with van der Waals surface area (Å²) in [5.41, 5.74) is 2.30. The molecule has 0 saturated heterocycles. The van der Waals surface area contributed by atoms with Gasteiger partial charge in [-0.1, -0.05) is 30.3 Å². The van der Waals surface area contributed by atoms with Gasteiger partial charge in [-0.3, -0.25) is 4.79 Å². The number of esters is 1. The van der Waals surface area contributed by atoms with Crippen LogP contribution in [0.1, 0.15) is 21.5 Å². The van der Waals surface area contributed by atoms with Gasteiger partial charge >= 0.3 is 5.97 Å². The maximum atomic E-state index is 12.3. The molecule has 118 valence electrons. The molecule has 0 aliphatic carbocycles. The molecule has 5 nitrogen and oxygen atoms in total. The Labute approximate surface area is 134 Å². The normalized spacial score (nSPS) is 13.8. The first kappa shape index (κ1) is 15.1. The van der Waals surface area contributed by atoms with Crippen molar-refractivity contribution in [3.63, 3.8) is 0 Å². The Bertz CT molecular complexity index is 727. The van der Waals surface area contributed by atoms with Crippen molar-refractivity contribution >= 4 is 11.9 Å². The van der Waals surface area contributed by atoms with Gasteiger partial charge in [-0.05, 0) is 23.8 Å². The van der Waals surface area contributed by atoms with Crippen LogP contribution in [0.15, 0.2) is 48.5 Å². The molecule has 0 N–H and O–H groups in total. The van der Waals surface area contributed by atoms with Crippen molar-refractivity contribution in [3.05, 3.63) is 65.2 Å². The molecule has 0 saturated carbocycles. The molecular formula is C18H17NO4. The van der Waals surface area contributed by atoms with Crippen LogP contribution in [0.2, 0.25) is 0 Å². The van der Waals surface area contributed by atoms with E-state index in [0.29, 0.717) is 24.4 Å². The summed E-state index contributed by atoms with van der Waals surface area (Å²) in [5.74, 6) is 0.143. The van der Waals surface area contributed by atoms with Crippen LogP contribution in [0.3, 0.4) is 0 Å². The van der Waals surface area contributed by atoms with E-state index in [-0.39, 0.29) is 12.5 Å². The van der Waals surface area contributed by atoms with Gasteiger partial charge in [0, 0.05) is 18.7 Å². The zero-order chi connectivity index (χ0) is 16.2. The van der Waals surface area contributed by atoms with Crippen LogP contribution in [0.5, 0.6) is 5.75 Å². The molecule has 23 heavy (non-hydrogen) atoms. The number of hydrogen-bond donors (Lipinski definition) is 0. The van der Waals surface area contributed by atoms with Gasteiger partial charge in [-0.15, -0.1) is 0 Å². The highest BCUT2D eigenvalue weighted by Crippen LogP contribution is 2.26. The molecule has 2 aromatic carbocycles. The number of ether oxygens (including phenoxy) is 2. The predicted molar refractivity (Wildman–Crippen MR) is 84.0 cm³/mol. The molecule has 3 rings (SSSR count). The number of rotatable bonds is 3. The van der Waals surface area contributed by atoms with Gasteiger partial charge < -0.3 is 14.4 Å². The largest absolute Gasteiger partial charge is 0.483 e. The Hall–Kier alpha value is -2.82. The topological polar surface area (TPSA) is 55.8 Å². The molecule has 1 amide bonds. The van der Waals surface area contributed by atoms with E-state index in [0.717, 1.165) is 11.1 Å². The predicted octanol–water partition coefficient (Wildman–Crippen LogP) is 2.39. The Morgan fingerprint density at radius 1 is 1.22 bits per heavy atom. The second-order valence-corrected chi connectivity index (χ2v) is 5.34. The smallest absolute Gasteiger partial charge is 0.337 e. The summed E-state index contributed by atoms with van der Waals surface area (Å²) in [4.78, 5) is 25.7. The SMILES string of the molecule is COC(=O)c1ccc2c(c1)CN(Cc1ccccc1)C(=O)CO2. The first-order valence-corrected chi connectivity index (χ1v) is 7.33. The maximum absolute atomic E-state index is 12.3. The van der Waals surface area contributed by atoms with Gasteiger partial charge in [0.2, 0.25) is 0 Å². The summed E-state index contributed by atoms with van der Waals surface area (Å²) in [6, 6.07) is 14.8. The Morgan fingerprint density at radius 2 is 2.00 bits per heavy atom. The Balaban J connectivity index is 1.87. The van der Waals surface area contributed by atoms with E-state index in [1.165, 1.54) is 7.11 Å². The van der Waals surface area contributed by atoms with Crippen LogP contribution in [0.4, 0.5) is 0 Å². The molecule has 1 aliphatic heterocycles. The third-order valence-electron chi connectivity index (χ3n) is 3.76. The number of carbonyl (C=O) groups is 2. The summed E-state index contributed by atoms with van der Waals surface area (Å²) >= 11 is 0. The van der Waals surface area contributed by atoms with Crippen LogP contribution in [-0.2, 0) is 22.6 Å². The van der Waals surface area contributed by atoms with E-state index in [9.17, 15) is 9.59 Å². The number of hydrogen-bond acceptors (Lipinski definition) is 4. The number of methoxy groups -OCH3 is 1. The molecule has 0 radical (unpaired) electrons. The lowest BCUT2D eigenvalue weighted by atomic mass is 10.1. The third kappa shape index (κ3) is 3.34. The van der Waals surface area contributed by atoms with E-state index in [1.54, 1.807) is 23.1 Å². The van der Waals surface area contributed by atoms with E-state index in [1.807, 2.05) is 30.3 Å². The second kappa shape index (κ2) is 6.52. The van der Waals surface area contributed by atoms with Crippen molar-refractivity contribution in [3.8, 4) is 5.75 Å². The van der Waals surface area contributed by atoms with Crippen molar-refractivity contribution in [2.45, 2.75) is 13.1 Å². The minimum absolute atomic E-state index is 0.00257. The van der Waals surface area contributed by atoms with Crippen molar-refractivity contribution in [2.24, 2.45) is 0 Å². The fraction of sp³-hybridized carbons (Fsp3) is 0.222. The highest BCUT2D eigenvalue weighted by Gasteiger charge is 2.22. The van der Waals surface area contributed by atoms with Gasteiger partial charge in [0.05, 0.1) is 12.7 Å². The molecule has 0 bridgehead atoms. The van der Waals surface area contributed by atoms with Gasteiger partial charge in [-0.2, -0.15) is 0 Å². The van der Waals surface area contributed by atoms with E-state index < -0.39 is 5.97 Å². The van der Waals surface area contributed by atoms with Crippen LogP contribution in [-0.4, -0.2) is 30.5 Å². The van der Waals surface area contributed by atoms with Gasteiger partial charge in [0.1, 0.15) is 5.75 Å². The summed E-state index contributed by atoms with van der Waals surface area (Å²) in [6.07, 6.45) is 0. The average molecular weight is 311 g/mol. The number of nitrogens with zero attached hydrogens (tertiary/aromatic N) is 1. The highest BCUT2D eigenvalue weighted by molar-refractivity contribution is 5.90. The molecule has 0 spiro atoms. The van der Waals surface area contributed by atoms with Gasteiger partial charge in [0.25, 0.3) is 5.91 Å². The van der Waals surface area contributed by atoms with Gasteiger partial charge in [0.15, 0.2) is 6.61 Å². The zero-order valence-electron chi connectivity index (χ0n) is 12.8. The first-order valence-electron chi connectivity index (χ1n) is 7.33. The summed E-state index contributed by atoms with van der Waals surface area (Å²) in [7, 11) is 1.34. The molecule has 0 fully saturated rings. The standard InChI is InChI=1S/C18H17NO4/c1-22-18(21)14-7-8-16-15(9-14)11-19(17(20)12-23-16)10-13-5-3-2-4-6-13/h2-9H,10-12H2,1H3. The van der Waals surface area contributed by atoms with Crippen molar-refractivity contribution in [1.82, 2.24) is 4.90 Å². The van der Waals surface area contributed by atoms with E-state index in [4.69, 9.17) is 9.47 Å².